The van der Waals surface area contributed by atoms with Gasteiger partial charge in [0.2, 0.25) is 0 Å². The average molecular weight is 356 g/mol. The fourth-order valence-corrected chi connectivity index (χ4v) is 5.52. The number of amides is 1. The van der Waals surface area contributed by atoms with Crippen LogP contribution in [0.5, 0.6) is 0 Å². The van der Waals surface area contributed by atoms with Gasteiger partial charge in [0.1, 0.15) is 4.88 Å². The van der Waals surface area contributed by atoms with Crippen molar-refractivity contribution in [2.45, 2.75) is 38.6 Å². The molecule has 0 spiro atoms. The van der Waals surface area contributed by atoms with E-state index in [0.717, 1.165) is 27.7 Å². The molecular formula is C20H25N3OS. The number of hydrogen-bond donors (Lipinski definition) is 1. The molecule has 5 heteroatoms. The zero-order valence-electron chi connectivity index (χ0n) is 14.6. The minimum absolute atomic E-state index is 0.120. The Morgan fingerprint density at radius 3 is 2.80 bits per heavy atom. The largest absolute Gasteiger partial charge is 0.333 e. The summed E-state index contributed by atoms with van der Waals surface area (Å²) >= 11 is 1.51. The second kappa shape index (κ2) is 6.89. The van der Waals surface area contributed by atoms with E-state index in [-0.39, 0.29) is 11.9 Å². The Morgan fingerprint density at radius 2 is 2.04 bits per heavy atom. The maximum Gasteiger partial charge on any atom is 0.266 e. The lowest BCUT2D eigenvalue weighted by Crippen LogP contribution is -2.42. The van der Waals surface area contributed by atoms with Crippen molar-refractivity contribution in [1.29, 1.82) is 0 Å². The lowest BCUT2D eigenvalue weighted by Gasteiger charge is -2.29. The van der Waals surface area contributed by atoms with E-state index in [4.69, 9.17) is 5.73 Å². The summed E-state index contributed by atoms with van der Waals surface area (Å²) in [6.07, 6.45) is 5.01. The molecule has 2 N–H and O–H groups in total. The van der Waals surface area contributed by atoms with Crippen LogP contribution in [0.25, 0.3) is 11.3 Å². The Labute approximate surface area is 153 Å². The van der Waals surface area contributed by atoms with Crippen LogP contribution in [0.2, 0.25) is 0 Å². The van der Waals surface area contributed by atoms with Gasteiger partial charge >= 0.3 is 0 Å². The van der Waals surface area contributed by atoms with Crippen molar-refractivity contribution in [2.24, 2.45) is 17.6 Å². The molecule has 1 aromatic heterocycles. The summed E-state index contributed by atoms with van der Waals surface area (Å²) in [6, 6.07) is 10.2. The van der Waals surface area contributed by atoms with Crippen LogP contribution in [0.4, 0.5) is 0 Å². The van der Waals surface area contributed by atoms with E-state index >= 15 is 0 Å². The maximum atomic E-state index is 13.4. The van der Waals surface area contributed by atoms with E-state index in [1.54, 1.807) is 0 Å². The van der Waals surface area contributed by atoms with Crippen LogP contribution in [0.15, 0.2) is 30.3 Å². The zero-order valence-corrected chi connectivity index (χ0v) is 15.5. The van der Waals surface area contributed by atoms with E-state index in [1.165, 1.54) is 37.0 Å². The molecule has 3 atom stereocenters. The summed E-state index contributed by atoms with van der Waals surface area (Å²) in [5.41, 5.74) is 7.92. The second-order valence-electron chi connectivity index (χ2n) is 7.25. The SMILES string of the molecule is Cc1nc(-c2ccccc2)c(C(=O)N2CC3CCCCC3C2CN)s1. The van der Waals surface area contributed by atoms with Gasteiger partial charge in [-0.2, -0.15) is 0 Å². The van der Waals surface area contributed by atoms with Crippen LogP contribution < -0.4 is 5.73 Å². The smallest absolute Gasteiger partial charge is 0.266 e. The highest BCUT2D eigenvalue weighted by atomic mass is 32.1. The molecule has 2 fully saturated rings. The molecule has 1 saturated carbocycles. The molecule has 1 aliphatic heterocycles. The van der Waals surface area contributed by atoms with Crippen LogP contribution >= 0.6 is 11.3 Å². The number of benzene rings is 1. The van der Waals surface area contributed by atoms with E-state index in [0.29, 0.717) is 18.4 Å². The Hall–Kier alpha value is -1.72. The third-order valence-corrected chi connectivity index (χ3v) is 6.73. The zero-order chi connectivity index (χ0) is 17.4. The first-order chi connectivity index (χ1) is 12.2. The number of fused-ring (bicyclic) bond motifs is 1. The first-order valence-electron chi connectivity index (χ1n) is 9.23. The highest BCUT2D eigenvalue weighted by molar-refractivity contribution is 7.14. The molecule has 0 radical (unpaired) electrons. The monoisotopic (exact) mass is 355 g/mol. The molecule has 3 unspecified atom stereocenters. The van der Waals surface area contributed by atoms with Crippen molar-refractivity contribution in [1.82, 2.24) is 9.88 Å². The van der Waals surface area contributed by atoms with Crippen molar-refractivity contribution in [2.75, 3.05) is 13.1 Å². The molecule has 0 bridgehead atoms. The second-order valence-corrected chi connectivity index (χ2v) is 8.45. The van der Waals surface area contributed by atoms with Gasteiger partial charge in [0, 0.05) is 24.7 Å². The molecule has 25 heavy (non-hydrogen) atoms. The Morgan fingerprint density at radius 1 is 1.28 bits per heavy atom. The van der Waals surface area contributed by atoms with E-state index in [1.807, 2.05) is 37.3 Å². The summed E-state index contributed by atoms with van der Waals surface area (Å²) in [7, 11) is 0. The molecule has 2 aliphatic rings. The Bertz CT molecular complexity index is 758. The van der Waals surface area contributed by atoms with Gasteiger partial charge in [-0.1, -0.05) is 43.2 Å². The third-order valence-electron chi connectivity index (χ3n) is 5.77. The number of rotatable bonds is 3. The Balaban J connectivity index is 1.67. The van der Waals surface area contributed by atoms with Gasteiger partial charge in [0.15, 0.2) is 0 Å². The number of carbonyl (C=O) groups excluding carboxylic acids is 1. The topological polar surface area (TPSA) is 59.2 Å². The van der Waals surface area contributed by atoms with Crippen molar-refractivity contribution in [3.8, 4) is 11.3 Å². The minimum Gasteiger partial charge on any atom is -0.333 e. The van der Waals surface area contributed by atoms with E-state index < -0.39 is 0 Å². The quantitative estimate of drug-likeness (QED) is 0.913. The number of thiazole rings is 1. The van der Waals surface area contributed by atoms with Gasteiger partial charge in [-0.05, 0) is 31.6 Å². The van der Waals surface area contributed by atoms with Crippen molar-refractivity contribution >= 4 is 17.2 Å². The predicted molar refractivity (Wildman–Crippen MR) is 102 cm³/mol. The molecule has 1 aromatic carbocycles. The van der Waals surface area contributed by atoms with Gasteiger partial charge < -0.3 is 10.6 Å². The van der Waals surface area contributed by atoms with Crippen LogP contribution in [-0.2, 0) is 0 Å². The highest BCUT2D eigenvalue weighted by Crippen LogP contribution is 2.41. The van der Waals surface area contributed by atoms with E-state index in [9.17, 15) is 4.79 Å². The van der Waals surface area contributed by atoms with Crippen LogP contribution in [-0.4, -0.2) is 34.9 Å². The normalized spacial score (nSPS) is 25.8. The van der Waals surface area contributed by atoms with Gasteiger partial charge in [0.05, 0.1) is 10.7 Å². The summed E-state index contributed by atoms with van der Waals surface area (Å²) in [4.78, 5) is 20.9. The fourth-order valence-electron chi connectivity index (χ4n) is 4.62. The third kappa shape index (κ3) is 3.00. The number of aromatic nitrogens is 1. The number of aryl methyl sites for hydroxylation is 1. The molecule has 2 aromatic rings. The van der Waals surface area contributed by atoms with Gasteiger partial charge in [-0.3, -0.25) is 4.79 Å². The fraction of sp³-hybridized carbons (Fsp3) is 0.500. The van der Waals surface area contributed by atoms with Crippen LogP contribution in [0.1, 0.15) is 40.4 Å². The molecule has 4 nitrogen and oxygen atoms in total. The van der Waals surface area contributed by atoms with Gasteiger partial charge in [-0.15, -0.1) is 11.3 Å². The summed E-state index contributed by atoms with van der Waals surface area (Å²) in [6.45, 7) is 3.39. The number of nitrogens with two attached hydrogens (primary N) is 1. The minimum atomic E-state index is 0.120. The average Bonchev–Trinajstić information content (AvgIpc) is 3.22. The van der Waals surface area contributed by atoms with Crippen molar-refractivity contribution < 1.29 is 4.79 Å². The molecule has 1 saturated heterocycles. The van der Waals surface area contributed by atoms with E-state index in [2.05, 4.69) is 9.88 Å². The first-order valence-corrected chi connectivity index (χ1v) is 10.0. The summed E-state index contributed by atoms with van der Waals surface area (Å²) in [5, 5.41) is 0.933. The lowest BCUT2D eigenvalue weighted by atomic mass is 9.78. The summed E-state index contributed by atoms with van der Waals surface area (Å²) < 4.78 is 0. The first kappa shape index (κ1) is 16.7. The molecule has 132 valence electrons. The van der Waals surface area contributed by atoms with Gasteiger partial charge in [0.25, 0.3) is 5.91 Å². The maximum absolute atomic E-state index is 13.4. The molecule has 1 aliphatic carbocycles. The van der Waals surface area contributed by atoms with Crippen molar-refractivity contribution in [3.63, 3.8) is 0 Å². The highest BCUT2D eigenvalue weighted by Gasteiger charge is 2.44. The number of hydrogen-bond acceptors (Lipinski definition) is 4. The number of carbonyl (C=O) groups is 1. The molecule has 4 rings (SSSR count). The number of likely N-dealkylation sites (tertiary alicyclic amines) is 1. The lowest BCUT2D eigenvalue weighted by molar-refractivity contribution is 0.0728. The van der Waals surface area contributed by atoms with Gasteiger partial charge in [-0.25, -0.2) is 4.98 Å². The Kier molecular flexibility index (Phi) is 4.61. The number of nitrogens with zero attached hydrogens (tertiary/aromatic N) is 2. The molecule has 2 heterocycles. The van der Waals surface area contributed by atoms with Crippen LogP contribution in [0, 0.1) is 18.8 Å². The predicted octanol–water partition coefficient (Wildman–Crippen LogP) is 3.71. The molecule has 1 amide bonds. The summed E-state index contributed by atoms with van der Waals surface area (Å²) in [5.74, 6) is 1.33. The molecular weight excluding hydrogens is 330 g/mol. The van der Waals surface area contributed by atoms with Crippen molar-refractivity contribution in [3.05, 3.63) is 40.2 Å². The standard InChI is InChI=1S/C20H25N3OS/c1-13-22-18(14-7-3-2-4-8-14)19(25-13)20(24)23-12-15-9-5-6-10-16(15)17(23)11-21/h2-4,7-8,15-17H,5-6,9-12,21H2,1H3. The van der Waals surface area contributed by atoms with Crippen LogP contribution in [0.3, 0.4) is 0 Å².